The standard InChI is InChI=1S/C19H18N4O3S3/c1-10-16(29-11(2)20-10)17-22-23-19(26-17)28-9-12-8-27-18(21-12)13-6-5-7-14(24-3)15(13)25-4/h5-8H,9H2,1-4H3. The number of ether oxygens (including phenoxy) is 2. The molecule has 10 heteroatoms. The third-order valence-corrected chi connectivity index (χ3v) is 6.87. The molecule has 0 amide bonds. The van der Waals surface area contributed by atoms with E-state index in [0.29, 0.717) is 28.4 Å². The maximum atomic E-state index is 5.79. The van der Waals surface area contributed by atoms with E-state index in [0.717, 1.165) is 31.8 Å². The first-order valence-corrected chi connectivity index (χ1v) is 11.3. The third kappa shape index (κ3) is 4.14. The van der Waals surface area contributed by atoms with Crippen LogP contribution in [0.15, 0.2) is 33.2 Å². The van der Waals surface area contributed by atoms with Crippen LogP contribution >= 0.6 is 34.4 Å². The van der Waals surface area contributed by atoms with Crippen LogP contribution in [-0.4, -0.2) is 34.4 Å². The average Bonchev–Trinajstić information content (AvgIpc) is 3.45. The highest BCUT2D eigenvalue weighted by Crippen LogP contribution is 2.39. The van der Waals surface area contributed by atoms with Crippen LogP contribution < -0.4 is 9.47 Å². The highest BCUT2D eigenvalue weighted by atomic mass is 32.2. The second kappa shape index (κ2) is 8.52. The summed E-state index contributed by atoms with van der Waals surface area (Å²) >= 11 is 4.57. The van der Waals surface area contributed by atoms with Gasteiger partial charge in [-0.05, 0) is 26.0 Å². The smallest absolute Gasteiger partial charge is 0.277 e. The highest BCUT2D eigenvalue weighted by molar-refractivity contribution is 7.98. The van der Waals surface area contributed by atoms with Crippen molar-refractivity contribution in [1.82, 2.24) is 20.2 Å². The number of hydrogen-bond donors (Lipinski definition) is 0. The summed E-state index contributed by atoms with van der Waals surface area (Å²) in [5.74, 6) is 2.50. The van der Waals surface area contributed by atoms with Gasteiger partial charge < -0.3 is 13.9 Å². The number of aryl methyl sites for hydroxylation is 2. The molecule has 3 heterocycles. The lowest BCUT2D eigenvalue weighted by atomic mass is 10.2. The van der Waals surface area contributed by atoms with Crippen LogP contribution in [0.1, 0.15) is 16.4 Å². The van der Waals surface area contributed by atoms with E-state index >= 15 is 0 Å². The molecule has 3 aromatic heterocycles. The van der Waals surface area contributed by atoms with Gasteiger partial charge in [0.15, 0.2) is 11.5 Å². The first-order chi connectivity index (χ1) is 14.1. The van der Waals surface area contributed by atoms with Gasteiger partial charge in [0.2, 0.25) is 0 Å². The number of thioether (sulfide) groups is 1. The average molecular weight is 447 g/mol. The van der Waals surface area contributed by atoms with Crippen molar-refractivity contribution in [3.63, 3.8) is 0 Å². The lowest BCUT2D eigenvalue weighted by Crippen LogP contribution is -1.93. The van der Waals surface area contributed by atoms with Crippen molar-refractivity contribution >= 4 is 34.4 Å². The van der Waals surface area contributed by atoms with E-state index in [-0.39, 0.29) is 0 Å². The number of rotatable bonds is 7. The summed E-state index contributed by atoms with van der Waals surface area (Å²) in [6.45, 7) is 3.91. The Labute approximate surface area is 180 Å². The molecule has 150 valence electrons. The summed E-state index contributed by atoms with van der Waals surface area (Å²) in [6, 6.07) is 5.77. The molecule has 0 unspecified atom stereocenters. The molecule has 0 saturated heterocycles. The van der Waals surface area contributed by atoms with Gasteiger partial charge in [-0.15, -0.1) is 32.9 Å². The SMILES string of the molecule is COc1cccc(-c2nc(CSc3nnc(-c4sc(C)nc4C)o3)cs2)c1OC. The van der Waals surface area contributed by atoms with E-state index < -0.39 is 0 Å². The van der Waals surface area contributed by atoms with Gasteiger partial charge in [-0.2, -0.15) is 0 Å². The summed E-state index contributed by atoms with van der Waals surface area (Å²) in [6.07, 6.45) is 0. The van der Waals surface area contributed by atoms with Crippen LogP contribution in [0, 0.1) is 13.8 Å². The summed E-state index contributed by atoms with van der Waals surface area (Å²) in [4.78, 5) is 10.1. The fourth-order valence-electron chi connectivity index (χ4n) is 2.78. The van der Waals surface area contributed by atoms with E-state index in [1.807, 2.05) is 37.4 Å². The fraction of sp³-hybridized carbons (Fsp3) is 0.263. The minimum atomic E-state index is 0.510. The lowest BCUT2D eigenvalue weighted by molar-refractivity contribution is 0.356. The molecule has 0 saturated carbocycles. The van der Waals surface area contributed by atoms with E-state index in [1.165, 1.54) is 11.8 Å². The largest absolute Gasteiger partial charge is 0.493 e. The molecule has 0 fully saturated rings. The normalized spacial score (nSPS) is 11.0. The molecule has 0 radical (unpaired) electrons. The van der Waals surface area contributed by atoms with E-state index in [9.17, 15) is 0 Å². The minimum absolute atomic E-state index is 0.510. The Bertz CT molecular complexity index is 1140. The molecule has 0 N–H and O–H groups in total. The molecular formula is C19H18N4O3S3. The molecule has 0 bridgehead atoms. The van der Waals surface area contributed by atoms with Gasteiger partial charge >= 0.3 is 0 Å². The van der Waals surface area contributed by atoms with Crippen molar-refractivity contribution in [3.05, 3.63) is 40.0 Å². The molecule has 29 heavy (non-hydrogen) atoms. The van der Waals surface area contributed by atoms with Crippen LogP contribution in [0.4, 0.5) is 0 Å². The number of methoxy groups -OCH3 is 2. The number of thiazole rings is 2. The first kappa shape index (κ1) is 19.9. The van der Waals surface area contributed by atoms with E-state index in [4.69, 9.17) is 18.9 Å². The zero-order chi connectivity index (χ0) is 20.4. The molecule has 1 aromatic carbocycles. The van der Waals surface area contributed by atoms with Gasteiger partial charge in [0, 0.05) is 11.1 Å². The summed E-state index contributed by atoms with van der Waals surface area (Å²) in [5.41, 5.74) is 2.75. The Hall–Kier alpha value is -2.43. The zero-order valence-corrected chi connectivity index (χ0v) is 18.7. The summed E-state index contributed by atoms with van der Waals surface area (Å²) in [5, 5.41) is 12.7. The van der Waals surface area contributed by atoms with Crippen LogP contribution in [0.2, 0.25) is 0 Å². The van der Waals surface area contributed by atoms with Gasteiger partial charge in [-0.1, -0.05) is 17.8 Å². The molecule has 0 aliphatic heterocycles. The number of nitrogens with zero attached hydrogens (tertiary/aromatic N) is 4. The van der Waals surface area contributed by atoms with Crippen LogP contribution in [-0.2, 0) is 5.75 Å². The quantitative estimate of drug-likeness (QED) is 0.356. The van der Waals surface area contributed by atoms with Gasteiger partial charge in [0.25, 0.3) is 11.1 Å². The summed E-state index contributed by atoms with van der Waals surface area (Å²) < 4.78 is 16.7. The van der Waals surface area contributed by atoms with Crippen LogP contribution in [0.3, 0.4) is 0 Å². The van der Waals surface area contributed by atoms with Crippen molar-refractivity contribution in [3.8, 4) is 32.8 Å². The van der Waals surface area contributed by atoms with Gasteiger partial charge in [0.1, 0.15) is 9.88 Å². The van der Waals surface area contributed by atoms with Gasteiger partial charge in [-0.3, -0.25) is 0 Å². The maximum Gasteiger partial charge on any atom is 0.277 e. The molecule has 0 spiro atoms. The van der Waals surface area contributed by atoms with Crippen molar-refractivity contribution in [2.45, 2.75) is 24.8 Å². The zero-order valence-electron chi connectivity index (χ0n) is 16.3. The molecule has 0 aliphatic carbocycles. The predicted molar refractivity (Wildman–Crippen MR) is 115 cm³/mol. The number of hydrogen-bond acceptors (Lipinski definition) is 10. The van der Waals surface area contributed by atoms with Crippen LogP contribution in [0.5, 0.6) is 11.5 Å². The number of benzene rings is 1. The molecule has 0 aliphatic rings. The minimum Gasteiger partial charge on any atom is -0.493 e. The Balaban J connectivity index is 1.48. The summed E-state index contributed by atoms with van der Waals surface area (Å²) in [7, 11) is 3.25. The molecule has 0 atom stereocenters. The van der Waals surface area contributed by atoms with Gasteiger partial charge in [-0.25, -0.2) is 9.97 Å². The Morgan fingerprint density at radius 3 is 2.69 bits per heavy atom. The third-order valence-electron chi connectivity index (χ3n) is 4.03. The molecule has 7 nitrogen and oxygen atoms in total. The Morgan fingerprint density at radius 2 is 1.97 bits per heavy atom. The van der Waals surface area contributed by atoms with Crippen molar-refractivity contribution in [2.24, 2.45) is 0 Å². The Morgan fingerprint density at radius 1 is 1.10 bits per heavy atom. The second-order valence-corrected chi connectivity index (χ2v) is 8.98. The maximum absolute atomic E-state index is 5.79. The Kier molecular flexibility index (Phi) is 5.84. The highest BCUT2D eigenvalue weighted by Gasteiger charge is 2.17. The molecule has 4 aromatic rings. The fourth-order valence-corrected chi connectivity index (χ4v) is 5.22. The topological polar surface area (TPSA) is 83.2 Å². The number of para-hydroxylation sites is 1. The second-order valence-electron chi connectivity index (χ2n) is 5.99. The van der Waals surface area contributed by atoms with E-state index in [1.54, 1.807) is 36.9 Å². The molecular weight excluding hydrogens is 428 g/mol. The van der Waals surface area contributed by atoms with Crippen molar-refractivity contribution < 1.29 is 13.9 Å². The van der Waals surface area contributed by atoms with Crippen LogP contribution in [0.25, 0.3) is 21.3 Å². The van der Waals surface area contributed by atoms with Crippen molar-refractivity contribution in [1.29, 1.82) is 0 Å². The van der Waals surface area contributed by atoms with E-state index in [2.05, 4.69) is 15.2 Å². The van der Waals surface area contributed by atoms with Gasteiger partial charge in [0.05, 0.1) is 36.2 Å². The first-order valence-electron chi connectivity index (χ1n) is 8.65. The lowest BCUT2D eigenvalue weighted by Gasteiger charge is -2.10. The number of aromatic nitrogens is 4. The molecule has 4 rings (SSSR count). The monoisotopic (exact) mass is 446 g/mol. The predicted octanol–water partition coefficient (Wildman–Crippen LogP) is 5.24. The van der Waals surface area contributed by atoms with Crippen molar-refractivity contribution in [2.75, 3.05) is 14.2 Å².